The van der Waals surface area contributed by atoms with Gasteiger partial charge in [-0.25, -0.2) is 0 Å². The number of hydrogen-bond donors (Lipinski definition) is 1. The molecule has 0 spiro atoms. The molecule has 1 N–H and O–H groups in total. The lowest BCUT2D eigenvalue weighted by Crippen LogP contribution is -2.40. The first kappa shape index (κ1) is 15.7. The van der Waals surface area contributed by atoms with Gasteiger partial charge in [-0.15, -0.1) is 0 Å². The Labute approximate surface area is 163 Å². The quantitative estimate of drug-likeness (QED) is 0.495. The molecule has 1 saturated heterocycles. The van der Waals surface area contributed by atoms with E-state index in [9.17, 15) is 9.59 Å². The largest absolute Gasteiger partial charge is 0.461 e. The van der Waals surface area contributed by atoms with Gasteiger partial charge in [0, 0.05) is 28.4 Å². The third-order valence-corrected chi connectivity index (χ3v) is 7.67. The Hall–Kier alpha value is -2.34. The highest BCUT2D eigenvalue weighted by Gasteiger charge is 2.67. The van der Waals surface area contributed by atoms with E-state index in [1.807, 2.05) is 42.5 Å². The van der Waals surface area contributed by atoms with Crippen molar-refractivity contribution in [1.82, 2.24) is 0 Å². The fourth-order valence-electron chi connectivity index (χ4n) is 5.36. The van der Waals surface area contributed by atoms with Gasteiger partial charge in [0.05, 0.1) is 16.7 Å². The van der Waals surface area contributed by atoms with Crippen molar-refractivity contribution < 1.29 is 18.7 Å². The third kappa shape index (κ3) is 2.05. The standard InChI is InChI=1S/C21H16BrNO4/c22-18-12-8-13-17(21(25)27-19(13)18)16(12)20(24)23-9-5-6-11-10-3-1-2-4-14(10)26-15(11)7-9/h1-7,12-13,16-19H,8H2,(H,23,24)/t12-,13-,16-,17+,18-,19+/m1/s1. The maximum Gasteiger partial charge on any atom is 0.310 e. The Morgan fingerprint density at radius 2 is 1.89 bits per heavy atom. The molecule has 0 radical (unpaired) electrons. The zero-order valence-electron chi connectivity index (χ0n) is 14.2. The van der Waals surface area contributed by atoms with Crippen LogP contribution in [-0.4, -0.2) is 22.8 Å². The SMILES string of the molecule is O=C(Nc1ccc2c(c1)oc1ccccc12)[C@@H]1[C@H]2C[C@H]3[C@H](OC(=O)[C@@H]31)[C@@H]2Br. The number of carbonyl (C=O) groups is 2. The second kappa shape index (κ2) is 5.35. The van der Waals surface area contributed by atoms with Gasteiger partial charge >= 0.3 is 5.97 Å². The molecule has 6 rings (SSSR count). The molecule has 6 atom stereocenters. The first-order chi connectivity index (χ1) is 13.1. The van der Waals surface area contributed by atoms with Crippen LogP contribution in [0.2, 0.25) is 0 Å². The van der Waals surface area contributed by atoms with Crippen molar-refractivity contribution in [1.29, 1.82) is 0 Å². The molecule has 2 aromatic carbocycles. The summed E-state index contributed by atoms with van der Waals surface area (Å²) in [4.78, 5) is 25.3. The van der Waals surface area contributed by atoms with Gasteiger partial charge in [-0.05, 0) is 30.5 Å². The average molecular weight is 426 g/mol. The van der Waals surface area contributed by atoms with Gasteiger partial charge in [0.1, 0.15) is 17.3 Å². The fraction of sp³-hybridized carbons (Fsp3) is 0.333. The molecule has 2 saturated carbocycles. The van der Waals surface area contributed by atoms with Crippen LogP contribution in [0.5, 0.6) is 0 Å². The number of ether oxygens (including phenoxy) is 1. The summed E-state index contributed by atoms with van der Waals surface area (Å²) in [6.07, 6.45) is 0.806. The number of halogens is 1. The van der Waals surface area contributed by atoms with Crippen molar-refractivity contribution in [2.24, 2.45) is 23.7 Å². The molecule has 3 aromatic rings. The van der Waals surface area contributed by atoms with E-state index in [1.165, 1.54) is 0 Å². The summed E-state index contributed by atoms with van der Waals surface area (Å²) in [5, 5.41) is 5.08. The predicted octanol–water partition coefficient (Wildman–Crippen LogP) is 4.10. The van der Waals surface area contributed by atoms with Crippen LogP contribution >= 0.6 is 15.9 Å². The van der Waals surface area contributed by atoms with Crippen molar-refractivity contribution in [2.75, 3.05) is 5.32 Å². The van der Waals surface area contributed by atoms with Crippen LogP contribution in [0, 0.1) is 23.7 Å². The number of furan rings is 1. The lowest BCUT2D eigenvalue weighted by atomic mass is 9.79. The van der Waals surface area contributed by atoms with Crippen molar-refractivity contribution >= 4 is 55.4 Å². The minimum atomic E-state index is -0.336. The normalized spacial score (nSPS) is 33.7. The van der Waals surface area contributed by atoms with Gasteiger partial charge < -0.3 is 14.5 Å². The van der Waals surface area contributed by atoms with Crippen LogP contribution in [0.3, 0.4) is 0 Å². The van der Waals surface area contributed by atoms with Gasteiger partial charge in [0.2, 0.25) is 5.91 Å². The number of para-hydroxylation sites is 1. The molecule has 136 valence electrons. The number of amides is 1. The van der Waals surface area contributed by atoms with Crippen molar-refractivity contribution in [2.45, 2.75) is 17.4 Å². The van der Waals surface area contributed by atoms with Crippen LogP contribution in [0.1, 0.15) is 6.42 Å². The van der Waals surface area contributed by atoms with Gasteiger partial charge in [-0.1, -0.05) is 34.1 Å². The molecule has 2 heterocycles. The predicted molar refractivity (Wildman–Crippen MR) is 104 cm³/mol. The summed E-state index contributed by atoms with van der Waals surface area (Å²) >= 11 is 3.65. The fourth-order valence-corrected chi connectivity index (χ4v) is 6.40. The molecule has 27 heavy (non-hydrogen) atoms. The number of rotatable bonds is 2. The number of fused-ring (bicyclic) bond motifs is 4. The molecule has 3 fully saturated rings. The molecular formula is C21H16BrNO4. The molecular weight excluding hydrogens is 410 g/mol. The van der Waals surface area contributed by atoms with Crippen molar-refractivity contribution in [3.8, 4) is 0 Å². The molecule has 1 amide bonds. The van der Waals surface area contributed by atoms with Crippen LogP contribution in [0.4, 0.5) is 5.69 Å². The molecule has 2 bridgehead atoms. The van der Waals surface area contributed by atoms with E-state index < -0.39 is 0 Å². The van der Waals surface area contributed by atoms with Crippen molar-refractivity contribution in [3.63, 3.8) is 0 Å². The number of nitrogens with one attached hydrogen (secondary N) is 1. The highest BCUT2D eigenvalue weighted by molar-refractivity contribution is 9.09. The van der Waals surface area contributed by atoms with E-state index in [0.717, 1.165) is 28.4 Å². The molecule has 2 aliphatic carbocycles. The van der Waals surface area contributed by atoms with E-state index in [1.54, 1.807) is 0 Å². The molecule has 1 aromatic heterocycles. The zero-order chi connectivity index (χ0) is 18.3. The topological polar surface area (TPSA) is 68.5 Å². The highest BCUT2D eigenvalue weighted by Crippen LogP contribution is 2.60. The number of carbonyl (C=O) groups excluding carboxylic acids is 2. The van der Waals surface area contributed by atoms with Crippen LogP contribution in [0.15, 0.2) is 46.9 Å². The highest BCUT2D eigenvalue weighted by atomic mass is 79.9. The smallest absolute Gasteiger partial charge is 0.310 e. The summed E-state index contributed by atoms with van der Waals surface area (Å²) in [5.41, 5.74) is 2.25. The number of alkyl halides is 1. The number of esters is 1. The van der Waals surface area contributed by atoms with E-state index in [2.05, 4.69) is 21.2 Å². The Balaban J connectivity index is 1.32. The van der Waals surface area contributed by atoms with Crippen molar-refractivity contribution in [3.05, 3.63) is 42.5 Å². The molecule has 0 unspecified atom stereocenters. The second-order valence-electron chi connectivity index (χ2n) is 7.76. The summed E-state index contributed by atoms with van der Waals surface area (Å²) in [5.74, 6) is -0.653. The van der Waals surface area contributed by atoms with Gasteiger partial charge in [0.25, 0.3) is 0 Å². The Morgan fingerprint density at radius 3 is 2.78 bits per heavy atom. The lowest BCUT2D eigenvalue weighted by Gasteiger charge is -2.27. The molecule has 6 heteroatoms. The van der Waals surface area contributed by atoms with Gasteiger partial charge in [-0.2, -0.15) is 0 Å². The van der Waals surface area contributed by atoms with Crippen LogP contribution in [-0.2, 0) is 14.3 Å². The van der Waals surface area contributed by atoms with Gasteiger partial charge in [-0.3, -0.25) is 9.59 Å². The Bertz CT molecular complexity index is 1120. The number of benzene rings is 2. The van der Waals surface area contributed by atoms with E-state index in [0.29, 0.717) is 5.69 Å². The van der Waals surface area contributed by atoms with Gasteiger partial charge in [0.15, 0.2) is 0 Å². The minimum absolute atomic E-state index is 0.0663. The van der Waals surface area contributed by atoms with E-state index in [4.69, 9.17) is 9.15 Å². The summed E-state index contributed by atoms with van der Waals surface area (Å²) in [6, 6.07) is 13.6. The minimum Gasteiger partial charge on any atom is -0.461 e. The van der Waals surface area contributed by atoms with Crippen LogP contribution < -0.4 is 5.32 Å². The van der Waals surface area contributed by atoms with E-state index >= 15 is 0 Å². The maximum atomic E-state index is 13.0. The summed E-state index contributed by atoms with van der Waals surface area (Å²) < 4.78 is 11.4. The van der Waals surface area contributed by atoms with E-state index in [-0.39, 0.29) is 46.5 Å². The molecule has 5 nitrogen and oxygen atoms in total. The monoisotopic (exact) mass is 425 g/mol. The Kier molecular flexibility index (Phi) is 3.11. The first-order valence-corrected chi connectivity index (χ1v) is 10.1. The lowest BCUT2D eigenvalue weighted by molar-refractivity contribution is -0.145. The molecule has 3 aliphatic rings. The second-order valence-corrected chi connectivity index (χ2v) is 8.82. The first-order valence-electron chi connectivity index (χ1n) is 9.18. The summed E-state index contributed by atoms with van der Waals surface area (Å²) in [6.45, 7) is 0. The number of anilines is 1. The Morgan fingerprint density at radius 1 is 1.07 bits per heavy atom. The van der Waals surface area contributed by atoms with Crippen LogP contribution in [0.25, 0.3) is 21.9 Å². The third-order valence-electron chi connectivity index (χ3n) is 6.47. The zero-order valence-corrected chi connectivity index (χ0v) is 15.8. The molecule has 1 aliphatic heterocycles. The average Bonchev–Trinajstić information content (AvgIpc) is 3.36. The maximum absolute atomic E-state index is 13.0. The summed E-state index contributed by atoms with van der Waals surface area (Å²) in [7, 11) is 0. The number of hydrogen-bond acceptors (Lipinski definition) is 4.